The number of rotatable bonds is 4. The summed E-state index contributed by atoms with van der Waals surface area (Å²) in [4.78, 5) is 4.09. The molecule has 108 valence electrons. The van der Waals surface area contributed by atoms with Crippen molar-refractivity contribution in [2.75, 3.05) is 5.32 Å². The third kappa shape index (κ3) is 3.80. The molecule has 1 N–H and O–H groups in total. The largest absolute Gasteiger partial charge is 0.573 e. The van der Waals surface area contributed by atoms with Gasteiger partial charge in [-0.2, -0.15) is 0 Å². The molecule has 0 fully saturated rings. The minimum atomic E-state index is -4.68. The fourth-order valence-electron chi connectivity index (χ4n) is 1.54. The van der Waals surface area contributed by atoms with Gasteiger partial charge < -0.3 is 14.6 Å². The van der Waals surface area contributed by atoms with Gasteiger partial charge in [0.05, 0.1) is 12.7 Å². The number of nitrogens with zero attached hydrogens (tertiary/aromatic N) is 2. The lowest BCUT2D eigenvalue weighted by Crippen LogP contribution is -2.17. The summed E-state index contributed by atoms with van der Waals surface area (Å²) in [6.45, 7) is 0.405. The molecule has 0 aliphatic rings. The number of benzene rings is 1. The van der Waals surface area contributed by atoms with Crippen LogP contribution in [0.25, 0.3) is 0 Å². The molecule has 1 aromatic heterocycles. The third-order valence-electron chi connectivity index (χ3n) is 2.57. The molecule has 0 spiro atoms. The molecule has 0 bridgehead atoms. The van der Waals surface area contributed by atoms with Gasteiger partial charge in [0.25, 0.3) is 0 Å². The first-order valence-corrected chi connectivity index (χ1v) is 5.99. The molecule has 0 aliphatic heterocycles. The van der Waals surface area contributed by atoms with Crippen molar-refractivity contribution in [3.05, 3.63) is 41.4 Å². The van der Waals surface area contributed by atoms with Gasteiger partial charge in [-0.25, -0.2) is 4.98 Å². The van der Waals surface area contributed by atoms with E-state index in [0.29, 0.717) is 23.2 Å². The quantitative estimate of drug-likeness (QED) is 0.938. The Balaban J connectivity index is 1.96. The summed E-state index contributed by atoms with van der Waals surface area (Å²) in [5, 5.41) is 3.54. The second-order valence-corrected chi connectivity index (χ2v) is 4.37. The predicted molar refractivity (Wildman–Crippen MR) is 68.7 cm³/mol. The molecular formula is C12H11ClF3N3O. The molecule has 0 radical (unpaired) electrons. The van der Waals surface area contributed by atoms with Crippen molar-refractivity contribution in [1.82, 2.24) is 9.55 Å². The minimum absolute atomic E-state index is 0.261. The van der Waals surface area contributed by atoms with Crippen molar-refractivity contribution < 1.29 is 17.9 Å². The van der Waals surface area contributed by atoms with Crippen LogP contribution in [0.15, 0.2) is 30.5 Å². The summed E-state index contributed by atoms with van der Waals surface area (Å²) in [6, 6.07) is 5.46. The molecule has 0 saturated carbocycles. The van der Waals surface area contributed by atoms with Crippen molar-refractivity contribution in [2.45, 2.75) is 12.9 Å². The van der Waals surface area contributed by atoms with Gasteiger partial charge in [0, 0.05) is 12.7 Å². The van der Waals surface area contributed by atoms with Crippen LogP contribution in [0.1, 0.15) is 5.82 Å². The Morgan fingerprint density at radius 3 is 2.45 bits per heavy atom. The lowest BCUT2D eigenvalue weighted by molar-refractivity contribution is -0.274. The molecule has 1 aromatic carbocycles. The van der Waals surface area contributed by atoms with Gasteiger partial charge in [0.15, 0.2) is 0 Å². The number of anilines is 1. The van der Waals surface area contributed by atoms with Crippen molar-refractivity contribution >= 4 is 17.3 Å². The van der Waals surface area contributed by atoms with Crippen molar-refractivity contribution in [2.24, 2.45) is 7.05 Å². The second kappa shape index (κ2) is 5.62. The van der Waals surface area contributed by atoms with Gasteiger partial charge in [-0.05, 0) is 24.3 Å². The van der Waals surface area contributed by atoms with E-state index in [0.717, 1.165) is 0 Å². The van der Waals surface area contributed by atoms with E-state index in [1.807, 2.05) is 0 Å². The number of ether oxygens (including phenoxy) is 1. The van der Waals surface area contributed by atoms with E-state index in [1.54, 1.807) is 11.6 Å². The van der Waals surface area contributed by atoms with Gasteiger partial charge in [-0.1, -0.05) is 11.6 Å². The lowest BCUT2D eigenvalue weighted by Gasteiger charge is -2.10. The van der Waals surface area contributed by atoms with E-state index in [1.165, 1.54) is 30.5 Å². The average Bonchev–Trinajstić information content (AvgIpc) is 2.68. The maximum Gasteiger partial charge on any atom is 0.573 e. The van der Waals surface area contributed by atoms with E-state index in [2.05, 4.69) is 15.0 Å². The maximum absolute atomic E-state index is 12.0. The molecule has 4 nitrogen and oxygen atoms in total. The molecule has 0 atom stereocenters. The fraction of sp³-hybridized carbons (Fsp3) is 0.250. The number of hydrogen-bond acceptors (Lipinski definition) is 3. The van der Waals surface area contributed by atoms with Crippen LogP contribution in [-0.2, 0) is 13.6 Å². The molecule has 2 aromatic rings. The first-order chi connectivity index (χ1) is 9.35. The number of nitrogens with one attached hydrogen (secondary N) is 1. The molecule has 0 unspecified atom stereocenters. The summed E-state index contributed by atoms with van der Waals surface area (Å²) >= 11 is 5.84. The van der Waals surface area contributed by atoms with Crippen LogP contribution in [0.3, 0.4) is 0 Å². The summed E-state index contributed by atoms with van der Waals surface area (Å²) in [5.41, 5.74) is 0.652. The molecule has 0 amide bonds. The van der Waals surface area contributed by atoms with Crippen molar-refractivity contribution in [3.8, 4) is 5.75 Å². The fourth-order valence-corrected chi connectivity index (χ4v) is 1.69. The van der Waals surface area contributed by atoms with Crippen LogP contribution in [0.2, 0.25) is 5.15 Å². The third-order valence-corrected chi connectivity index (χ3v) is 2.92. The van der Waals surface area contributed by atoms with Gasteiger partial charge in [-0.3, -0.25) is 0 Å². The lowest BCUT2D eigenvalue weighted by atomic mass is 10.3. The standard InChI is InChI=1S/C12H11ClF3N3O/c1-19-10(13)6-18-11(19)7-17-8-2-4-9(5-3-8)20-12(14,15)16/h2-6,17H,7H2,1H3. The normalized spacial score (nSPS) is 11.4. The number of halogens is 4. The Bertz CT molecular complexity index is 581. The molecule has 20 heavy (non-hydrogen) atoms. The van der Waals surface area contributed by atoms with Crippen LogP contribution in [0.5, 0.6) is 5.75 Å². The molecular weight excluding hydrogens is 295 g/mol. The van der Waals surface area contributed by atoms with Crippen LogP contribution >= 0.6 is 11.6 Å². The highest BCUT2D eigenvalue weighted by Crippen LogP contribution is 2.24. The number of imidazole rings is 1. The van der Waals surface area contributed by atoms with E-state index in [-0.39, 0.29) is 5.75 Å². The van der Waals surface area contributed by atoms with Crippen LogP contribution in [0, 0.1) is 0 Å². The monoisotopic (exact) mass is 305 g/mol. The Labute approximate surface area is 118 Å². The summed E-state index contributed by atoms with van der Waals surface area (Å²) < 4.78 is 41.5. The van der Waals surface area contributed by atoms with Crippen molar-refractivity contribution in [3.63, 3.8) is 0 Å². The van der Waals surface area contributed by atoms with Gasteiger partial charge in [-0.15, -0.1) is 13.2 Å². The molecule has 0 saturated heterocycles. The van der Waals surface area contributed by atoms with E-state index in [9.17, 15) is 13.2 Å². The highest BCUT2D eigenvalue weighted by atomic mass is 35.5. The summed E-state index contributed by atoms with van der Waals surface area (Å²) in [6.07, 6.45) is -3.16. The predicted octanol–water partition coefficient (Wildman–Crippen LogP) is 3.58. The Hall–Kier alpha value is -1.89. The number of alkyl halides is 3. The zero-order valence-electron chi connectivity index (χ0n) is 10.4. The van der Waals surface area contributed by atoms with E-state index < -0.39 is 6.36 Å². The summed E-state index contributed by atoms with van der Waals surface area (Å²) in [5.74, 6) is 0.453. The highest BCUT2D eigenvalue weighted by molar-refractivity contribution is 6.29. The Kier molecular flexibility index (Phi) is 4.08. The van der Waals surface area contributed by atoms with Gasteiger partial charge in [0.1, 0.15) is 16.7 Å². The summed E-state index contributed by atoms with van der Waals surface area (Å²) in [7, 11) is 1.77. The molecule has 1 heterocycles. The van der Waals surface area contributed by atoms with E-state index >= 15 is 0 Å². The van der Waals surface area contributed by atoms with Crippen LogP contribution < -0.4 is 10.1 Å². The highest BCUT2D eigenvalue weighted by Gasteiger charge is 2.30. The maximum atomic E-state index is 12.0. The smallest absolute Gasteiger partial charge is 0.406 e. The van der Waals surface area contributed by atoms with Crippen LogP contribution in [-0.4, -0.2) is 15.9 Å². The zero-order valence-corrected chi connectivity index (χ0v) is 11.2. The molecule has 0 aliphatic carbocycles. The zero-order chi connectivity index (χ0) is 14.8. The van der Waals surface area contributed by atoms with Gasteiger partial charge in [0.2, 0.25) is 0 Å². The number of aromatic nitrogens is 2. The van der Waals surface area contributed by atoms with Gasteiger partial charge >= 0.3 is 6.36 Å². The first kappa shape index (κ1) is 14.5. The second-order valence-electron chi connectivity index (χ2n) is 3.98. The first-order valence-electron chi connectivity index (χ1n) is 5.61. The minimum Gasteiger partial charge on any atom is -0.406 e. The Morgan fingerprint density at radius 2 is 1.95 bits per heavy atom. The average molecular weight is 306 g/mol. The Morgan fingerprint density at radius 1 is 1.30 bits per heavy atom. The number of hydrogen-bond donors (Lipinski definition) is 1. The van der Waals surface area contributed by atoms with Crippen molar-refractivity contribution in [1.29, 1.82) is 0 Å². The molecule has 2 rings (SSSR count). The SMILES string of the molecule is Cn1c(Cl)cnc1CNc1ccc(OC(F)(F)F)cc1. The molecule has 8 heteroatoms. The van der Waals surface area contributed by atoms with E-state index in [4.69, 9.17) is 11.6 Å². The topological polar surface area (TPSA) is 39.1 Å². The van der Waals surface area contributed by atoms with Crippen LogP contribution in [0.4, 0.5) is 18.9 Å².